The lowest BCUT2D eigenvalue weighted by Crippen LogP contribution is -2.13. The number of benzene rings is 1. The number of halogens is 1. The molecule has 0 aliphatic carbocycles. The van der Waals surface area contributed by atoms with E-state index in [1.807, 2.05) is 24.3 Å². The van der Waals surface area contributed by atoms with E-state index >= 15 is 0 Å². The Morgan fingerprint density at radius 3 is 2.76 bits per heavy atom. The molecular weight excluding hydrogens is 336 g/mol. The van der Waals surface area contributed by atoms with Gasteiger partial charge < -0.3 is 10.4 Å². The Morgan fingerprint density at radius 2 is 2.05 bits per heavy atom. The van der Waals surface area contributed by atoms with Gasteiger partial charge in [0.15, 0.2) is 0 Å². The Labute approximate surface area is 130 Å². The van der Waals surface area contributed by atoms with Crippen LogP contribution in [0.2, 0.25) is 0 Å². The lowest BCUT2D eigenvalue weighted by Gasteiger charge is -2.06. The number of nitrogens with zero attached hydrogens (tertiary/aromatic N) is 1. The Bertz CT molecular complexity index is 673. The number of carbonyl (C=O) groups excluding carboxylic acids is 1. The van der Waals surface area contributed by atoms with Crippen molar-refractivity contribution in [2.45, 2.75) is 12.8 Å². The maximum absolute atomic E-state index is 11.9. The third-order valence-electron chi connectivity index (χ3n) is 2.79. The van der Waals surface area contributed by atoms with E-state index in [2.05, 4.69) is 26.2 Å². The van der Waals surface area contributed by atoms with Crippen LogP contribution in [0.3, 0.4) is 0 Å². The summed E-state index contributed by atoms with van der Waals surface area (Å²) in [5.41, 5.74) is 1.39. The van der Waals surface area contributed by atoms with Crippen molar-refractivity contribution in [1.29, 1.82) is 0 Å². The first-order chi connectivity index (χ1) is 10.0. The summed E-state index contributed by atoms with van der Waals surface area (Å²) in [6, 6.07) is 10.6. The summed E-state index contributed by atoms with van der Waals surface area (Å²) in [7, 11) is 0. The van der Waals surface area contributed by atoms with E-state index in [1.165, 1.54) is 12.3 Å². The Morgan fingerprint density at radius 1 is 1.24 bits per heavy atom. The van der Waals surface area contributed by atoms with Crippen molar-refractivity contribution >= 4 is 33.5 Å². The molecule has 2 aromatic rings. The Hall–Kier alpha value is -2.21. The molecule has 1 amide bonds. The summed E-state index contributed by atoms with van der Waals surface area (Å²) in [5.74, 6) is -1.29. The van der Waals surface area contributed by atoms with Crippen LogP contribution in [0.5, 0.6) is 0 Å². The number of hydrogen-bond acceptors (Lipinski definition) is 3. The Balaban J connectivity index is 1.93. The molecule has 5 nitrogen and oxygen atoms in total. The summed E-state index contributed by atoms with van der Waals surface area (Å²) < 4.78 is 0.973. The van der Waals surface area contributed by atoms with Crippen molar-refractivity contribution in [3.8, 4) is 0 Å². The molecule has 0 aliphatic rings. The number of amides is 1. The second kappa shape index (κ2) is 6.99. The third-order valence-corrected chi connectivity index (χ3v) is 3.29. The number of carboxylic acids is 1. The molecule has 0 saturated carbocycles. The molecule has 2 N–H and O–H groups in total. The predicted molar refractivity (Wildman–Crippen MR) is 82.3 cm³/mol. The van der Waals surface area contributed by atoms with Gasteiger partial charge in [-0.1, -0.05) is 28.1 Å². The molecule has 0 fully saturated rings. The van der Waals surface area contributed by atoms with E-state index in [0.717, 1.165) is 10.0 Å². The van der Waals surface area contributed by atoms with Gasteiger partial charge in [-0.25, -0.2) is 9.78 Å². The normalized spacial score (nSPS) is 10.1. The summed E-state index contributed by atoms with van der Waals surface area (Å²) in [4.78, 5) is 26.4. The van der Waals surface area contributed by atoms with Crippen LogP contribution in [0.1, 0.15) is 22.5 Å². The van der Waals surface area contributed by atoms with Crippen LogP contribution < -0.4 is 5.32 Å². The van der Waals surface area contributed by atoms with Crippen molar-refractivity contribution in [3.05, 3.63) is 58.3 Å². The number of rotatable bonds is 5. The van der Waals surface area contributed by atoms with Crippen molar-refractivity contribution in [2.75, 3.05) is 5.32 Å². The number of carboxylic acid groups (broad SMARTS) is 1. The second-order valence-electron chi connectivity index (χ2n) is 4.41. The molecule has 21 heavy (non-hydrogen) atoms. The van der Waals surface area contributed by atoms with Crippen LogP contribution in [0.15, 0.2) is 47.1 Å². The van der Waals surface area contributed by atoms with E-state index in [-0.39, 0.29) is 11.6 Å². The van der Waals surface area contributed by atoms with Crippen molar-refractivity contribution in [2.24, 2.45) is 0 Å². The molecule has 0 bridgehead atoms. The van der Waals surface area contributed by atoms with Crippen LogP contribution in [0.4, 0.5) is 5.69 Å². The lowest BCUT2D eigenvalue weighted by molar-refractivity contribution is -0.116. The SMILES string of the molecule is O=C(CCc1cccc(Br)c1)Nc1ccnc(C(=O)O)c1. The summed E-state index contributed by atoms with van der Waals surface area (Å²) in [5, 5.41) is 11.5. The van der Waals surface area contributed by atoms with E-state index < -0.39 is 5.97 Å². The summed E-state index contributed by atoms with van der Waals surface area (Å²) >= 11 is 3.38. The van der Waals surface area contributed by atoms with Gasteiger partial charge in [0.05, 0.1) is 0 Å². The molecule has 0 saturated heterocycles. The average Bonchev–Trinajstić information content (AvgIpc) is 2.45. The minimum absolute atomic E-state index is 0.0974. The molecule has 108 valence electrons. The van der Waals surface area contributed by atoms with Gasteiger partial charge in [-0.2, -0.15) is 0 Å². The second-order valence-corrected chi connectivity index (χ2v) is 5.33. The third kappa shape index (κ3) is 4.68. The highest BCUT2D eigenvalue weighted by Crippen LogP contribution is 2.14. The summed E-state index contributed by atoms with van der Waals surface area (Å²) in [6.07, 6.45) is 2.29. The fourth-order valence-electron chi connectivity index (χ4n) is 1.80. The summed E-state index contributed by atoms with van der Waals surface area (Å²) in [6.45, 7) is 0. The number of carbonyl (C=O) groups is 2. The molecule has 6 heteroatoms. The van der Waals surface area contributed by atoms with Gasteiger partial charge in [-0.15, -0.1) is 0 Å². The van der Waals surface area contributed by atoms with Crippen LogP contribution in [0.25, 0.3) is 0 Å². The molecule has 0 atom stereocenters. The van der Waals surface area contributed by atoms with Crippen LogP contribution in [0, 0.1) is 0 Å². The molecule has 0 unspecified atom stereocenters. The Kier molecular flexibility index (Phi) is 5.05. The van der Waals surface area contributed by atoms with E-state index in [0.29, 0.717) is 18.5 Å². The van der Waals surface area contributed by atoms with Crippen LogP contribution in [-0.2, 0) is 11.2 Å². The van der Waals surface area contributed by atoms with Crippen molar-refractivity contribution in [3.63, 3.8) is 0 Å². The molecule has 1 aromatic heterocycles. The van der Waals surface area contributed by atoms with Gasteiger partial charge in [-0.05, 0) is 36.2 Å². The van der Waals surface area contributed by atoms with E-state index in [4.69, 9.17) is 5.11 Å². The van der Waals surface area contributed by atoms with Gasteiger partial charge in [0.1, 0.15) is 5.69 Å². The number of hydrogen-bond donors (Lipinski definition) is 2. The number of anilines is 1. The first-order valence-electron chi connectivity index (χ1n) is 6.28. The molecule has 2 rings (SSSR count). The number of nitrogens with one attached hydrogen (secondary N) is 1. The average molecular weight is 349 g/mol. The zero-order valence-electron chi connectivity index (χ0n) is 11.0. The minimum atomic E-state index is -1.12. The highest BCUT2D eigenvalue weighted by Gasteiger charge is 2.08. The zero-order valence-corrected chi connectivity index (χ0v) is 12.6. The highest BCUT2D eigenvalue weighted by atomic mass is 79.9. The maximum Gasteiger partial charge on any atom is 0.354 e. The van der Waals surface area contributed by atoms with Crippen LogP contribution in [-0.4, -0.2) is 22.0 Å². The minimum Gasteiger partial charge on any atom is -0.477 e. The highest BCUT2D eigenvalue weighted by molar-refractivity contribution is 9.10. The van der Waals surface area contributed by atoms with Gasteiger partial charge in [0.2, 0.25) is 5.91 Å². The van der Waals surface area contributed by atoms with E-state index in [9.17, 15) is 9.59 Å². The fourth-order valence-corrected chi connectivity index (χ4v) is 2.25. The number of aryl methyl sites for hydroxylation is 1. The quantitative estimate of drug-likeness (QED) is 0.869. The molecule has 1 aromatic carbocycles. The monoisotopic (exact) mass is 348 g/mol. The predicted octanol–water partition coefficient (Wildman–Crippen LogP) is 3.11. The lowest BCUT2D eigenvalue weighted by atomic mass is 10.1. The zero-order chi connectivity index (χ0) is 15.2. The van der Waals surface area contributed by atoms with Gasteiger partial charge in [0, 0.05) is 22.8 Å². The fraction of sp³-hybridized carbons (Fsp3) is 0.133. The van der Waals surface area contributed by atoms with E-state index in [1.54, 1.807) is 6.07 Å². The maximum atomic E-state index is 11.9. The first-order valence-corrected chi connectivity index (χ1v) is 7.07. The number of pyridine rings is 1. The number of aromatic carboxylic acids is 1. The van der Waals surface area contributed by atoms with Crippen LogP contribution >= 0.6 is 15.9 Å². The molecule has 0 aliphatic heterocycles. The molecule has 1 heterocycles. The first kappa shape index (κ1) is 15.2. The van der Waals surface area contributed by atoms with Gasteiger partial charge in [0.25, 0.3) is 0 Å². The smallest absolute Gasteiger partial charge is 0.354 e. The van der Waals surface area contributed by atoms with Crippen molar-refractivity contribution in [1.82, 2.24) is 4.98 Å². The topological polar surface area (TPSA) is 79.3 Å². The number of aromatic nitrogens is 1. The molecule has 0 spiro atoms. The van der Waals surface area contributed by atoms with Gasteiger partial charge in [-0.3, -0.25) is 4.79 Å². The van der Waals surface area contributed by atoms with Gasteiger partial charge >= 0.3 is 5.97 Å². The standard InChI is InChI=1S/C15H13BrN2O3/c16-11-3-1-2-10(8-11)4-5-14(19)18-12-6-7-17-13(9-12)15(20)21/h1-3,6-9H,4-5H2,(H,20,21)(H,17,18,19). The molecule has 0 radical (unpaired) electrons. The molecular formula is C15H13BrN2O3. The largest absolute Gasteiger partial charge is 0.477 e. The van der Waals surface area contributed by atoms with Crippen molar-refractivity contribution < 1.29 is 14.7 Å².